The molecule has 1 aromatic heterocycles. The molecule has 9 heteroatoms. The van der Waals surface area contributed by atoms with Gasteiger partial charge in [0.2, 0.25) is 0 Å². The Kier molecular flexibility index (Phi) is 6.03. The van der Waals surface area contributed by atoms with Crippen LogP contribution in [0.25, 0.3) is 11.3 Å². The number of nitro groups is 1. The number of aryl methyl sites for hydroxylation is 1. The first-order valence-corrected chi connectivity index (χ1v) is 9.96. The number of ether oxygens (including phenoxy) is 2. The number of methoxy groups -OCH3 is 1. The van der Waals surface area contributed by atoms with E-state index in [2.05, 4.69) is 15.5 Å². The van der Waals surface area contributed by atoms with Crippen LogP contribution >= 0.6 is 0 Å². The van der Waals surface area contributed by atoms with E-state index in [1.165, 1.54) is 18.2 Å². The molecule has 4 rings (SSSR count). The largest absolute Gasteiger partial charge is 0.497 e. The number of amides is 1. The van der Waals surface area contributed by atoms with E-state index in [-0.39, 0.29) is 22.8 Å². The second-order valence-electron chi connectivity index (χ2n) is 7.24. The minimum Gasteiger partial charge on any atom is -0.497 e. The second-order valence-corrected chi connectivity index (χ2v) is 7.24. The number of hydrogen-bond donors (Lipinski definition) is 2. The summed E-state index contributed by atoms with van der Waals surface area (Å²) in [5, 5.41) is 20.9. The third-order valence-electron chi connectivity index (χ3n) is 4.82. The number of carbonyl (C=O) groups excluding carboxylic acids is 1. The van der Waals surface area contributed by atoms with E-state index in [1.54, 1.807) is 37.4 Å². The summed E-state index contributed by atoms with van der Waals surface area (Å²) in [6, 6.07) is 20.2. The molecule has 0 aliphatic heterocycles. The van der Waals surface area contributed by atoms with Gasteiger partial charge in [-0.3, -0.25) is 20.0 Å². The number of non-ortho nitro benzene ring substituents is 1. The van der Waals surface area contributed by atoms with Gasteiger partial charge in [0.15, 0.2) is 0 Å². The SMILES string of the molecule is COc1ccc(-c2cc(C(=O)Nc3cc(Oc4ccc(C)cc4)cc([N+](=O)[O-])c3)[nH]n2)cc1. The highest BCUT2D eigenvalue weighted by molar-refractivity contribution is 6.03. The summed E-state index contributed by atoms with van der Waals surface area (Å²) in [4.78, 5) is 23.6. The van der Waals surface area contributed by atoms with Crippen molar-refractivity contribution in [2.24, 2.45) is 0 Å². The molecular weight excluding hydrogens is 424 g/mol. The van der Waals surface area contributed by atoms with E-state index in [0.717, 1.165) is 11.1 Å². The first-order chi connectivity index (χ1) is 15.9. The Morgan fingerprint density at radius 2 is 1.67 bits per heavy atom. The number of aromatic amines is 1. The van der Waals surface area contributed by atoms with Gasteiger partial charge in [-0.25, -0.2) is 0 Å². The van der Waals surface area contributed by atoms with E-state index in [1.807, 2.05) is 31.2 Å². The molecule has 0 aliphatic carbocycles. The number of rotatable bonds is 7. The fourth-order valence-electron chi connectivity index (χ4n) is 3.11. The van der Waals surface area contributed by atoms with Crippen molar-refractivity contribution in [2.75, 3.05) is 12.4 Å². The van der Waals surface area contributed by atoms with E-state index in [9.17, 15) is 14.9 Å². The van der Waals surface area contributed by atoms with Crippen LogP contribution in [0.4, 0.5) is 11.4 Å². The number of benzene rings is 3. The van der Waals surface area contributed by atoms with Crippen LogP contribution in [-0.2, 0) is 0 Å². The summed E-state index contributed by atoms with van der Waals surface area (Å²) >= 11 is 0. The third-order valence-corrected chi connectivity index (χ3v) is 4.82. The maximum absolute atomic E-state index is 12.7. The molecule has 9 nitrogen and oxygen atoms in total. The molecule has 2 N–H and O–H groups in total. The third kappa shape index (κ3) is 5.16. The zero-order valence-electron chi connectivity index (χ0n) is 17.9. The van der Waals surface area contributed by atoms with E-state index in [4.69, 9.17) is 9.47 Å². The number of nitro benzene ring substituents is 1. The van der Waals surface area contributed by atoms with Crippen molar-refractivity contribution in [3.05, 3.63) is 94.2 Å². The van der Waals surface area contributed by atoms with Crippen LogP contribution in [0.5, 0.6) is 17.2 Å². The minimum absolute atomic E-state index is 0.202. The van der Waals surface area contributed by atoms with Gasteiger partial charge in [-0.1, -0.05) is 17.7 Å². The summed E-state index contributed by atoms with van der Waals surface area (Å²) < 4.78 is 10.9. The van der Waals surface area contributed by atoms with Gasteiger partial charge in [-0.15, -0.1) is 0 Å². The van der Waals surface area contributed by atoms with Crippen LogP contribution in [0.3, 0.4) is 0 Å². The van der Waals surface area contributed by atoms with Crippen molar-refractivity contribution in [2.45, 2.75) is 6.92 Å². The molecule has 0 saturated heterocycles. The maximum Gasteiger partial charge on any atom is 0.275 e. The summed E-state index contributed by atoms with van der Waals surface area (Å²) in [5.74, 6) is 0.966. The van der Waals surface area contributed by atoms with Gasteiger partial charge in [-0.2, -0.15) is 5.10 Å². The van der Waals surface area contributed by atoms with Gasteiger partial charge in [0.1, 0.15) is 22.9 Å². The quantitative estimate of drug-likeness (QED) is 0.293. The van der Waals surface area contributed by atoms with E-state index >= 15 is 0 Å². The van der Waals surface area contributed by atoms with Gasteiger partial charge >= 0.3 is 0 Å². The summed E-state index contributed by atoms with van der Waals surface area (Å²) in [7, 11) is 1.58. The van der Waals surface area contributed by atoms with Crippen molar-refractivity contribution < 1.29 is 19.2 Å². The molecule has 166 valence electrons. The first kappa shape index (κ1) is 21.6. The Bertz CT molecular complexity index is 1300. The lowest BCUT2D eigenvalue weighted by atomic mass is 10.1. The maximum atomic E-state index is 12.7. The number of anilines is 1. The fraction of sp³-hybridized carbons (Fsp3) is 0.0833. The molecule has 0 saturated carbocycles. The van der Waals surface area contributed by atoms with Gasteiger partial charge in [-0.05, 0) is 49.4 Å². The number of nitrogens with zero attached hydrogens (tertiary/aromatic N) is 2. The Labute approximate surface area is 189 Å². The Morgan fingerprint density at radius 3 is 2.33 bits per heavy atom. The van der Waals surface area contributed by atoms with E-state index in [0.29, 0.717) is 17.2 Å². The predicted octanol–water partition coefficient (Wildman–Crippen LogP) is 5.35. The zero-order chi connectivity index (χ0) is 23.4. The molecule has 4 aromatic rings. The van der Waals surface area contributed by atoms with Gasteiger partial charge in [0, 0.05) is 17.7 Å². The van der Waals surface area contributed by atoms with Gasteiger partial charge < -0.3 is 14.8 Å². The topological polar surface area (TPSA) is 119 Å². The average Bonchev–Trinajstić information content (AvgIpc) is 3.31. The standard InChI is InChI=1S/C24H20N4O5/c1-15-3-7-20(8-4-15)33-21-12-17(11-18(13-21)28(30)31)25-24(29)23-14-22(26-27-23)16-5-9-19(32-2)10-6-16/h3-14H,1-2H3,(H,25,29)(H,26,27). The molecule has 0 atom stereocenters. The zero-order valence-corrected chi connectivity index (χ0v) is 17.9. The molecule has 33 heavy (non-hydrogen) atoms. The molecule has 0 radical (unpaired) electrons. The summed E-state index contributed by atoms with van der Waals surface area (Å²) in [6.07, 6.45) is 0. The van der Waals surface area contributed by atoms with Crippen LogP contribution in [0.15, 0.2) is 72.8 Å². The van der Waals surface area contributed by atoms with Crippen LogP contribution in [0.1, 0.15) is 16.1 Å². The van der Waals surface area contributed by atoms with Crippen LogP contribution in [-0.4, -0.2) is 28.1 Å². The summed E-state index contributed by atoms with van der Waals surface area (Å²) in [5.41, 5.74) is 2.65. The monoisotopic (exact) mass is 444 g/mol. The highest BCUT2D eigenvalue weighted by Gasteiger charge is 2.16. The molecule has 0 spiro atoms. The number of aromatic nitrogens is 2. The Balaban J connectivity index is 1.54. The molecule has 0 aliphatic rings. The molecule has 1 heterocycles. The fourth-order valence-corrected chi connectivity index (χ4v) is 3.11. The van der Waals surface area contributed by atoms with Crippen LogP contribution in [0.2, 0.25) is 0 Å². The number of H-pyrrole nitrogens is 1. The smallest absolute Gasteiger partial charge is 0.275 e. The number of carbonyl (C=O) groups is 1. The van der Waals surface area contributed by atoms with Crippen molar-refractivity contribution in [3.8, 4) is 28.5 Å². The molecule has 0 bridgehead atoms. The normalized spacial score (nSPS) is 10.5. The van der Waals surface area contributed by atoms with Crippen molar-refractivity contribution in [1.82, 2.24) is 10.2 Å². The minimum atomic E-state index is -0.546. The van der Waals surface area contributed by atoms with Crippen LogP contribution in [0, 0.1) is 17.0 Å². The Hall–Kier alpha value is -4.66. The summed E-state index contributed by atoms with van der Waals surface area (Å²) in [6.45, 7) is 1.94. The van der Waals surface area contributed by atoms with Gasteiger partial charge in [0.25, 0.3) is 11.6 Å². The highest BCUT2D eigenvalue weighted by Crippen LogP contribution is 2.30. The van der Waals surface area contributed by atoms with E-state index < -0.39 is 10.8 Å². The molecule has 0 unspecified atom stereocenters. The molecule has 1 amide bonds. The lowest BCUT2D eigenvalue weighted by molar-refractivity contribution is -0.384. The van der Waals surface area contributed by atoms with Crippen molar-refractivity contribution in [3.63, 3.8) is 0 Å². The molecule has 3 aromatic carbocycles. The average molecular weight is 444 g/mol. The highest BCUT2D eigenvalue weighted by atomic mass is 16.6. The van der Waals surface area contributed by atoms with Crippen LogP contribution < -0.4 is 14.8 Å². The Morgan fingerprint density at radius 1 is 0.970 bits per heavy atom. The van der Waals surface area contributed by atoms with Crippen molar-refractivity contribution in [1.29, 1.82) is 0 Å². The molecule has 0 fully saturated rings. The lowest BCUT2D eigenvalue weighted by Gasteiger charge is -2.09. The second kappa shape index (κ2) is 9.23. The number of hydrogen-bond acceptors (Lipinski definition) is 6. The van der Waals surface area contributed by atoms with Gasteiger partial charge in [0.05, 0.1) is 29.5 Å². The number of nitrogens with one attached hydrogen (secondary N) is 2. The predicted molar refractivity (Wildman–Crippen MR) is 123 cm³/mol. The lowest BCUT2D eigenvalue weighted by Crippen LogP contribution is -2.12. The van der Waals surface area contributed by atoms with Crippen molar-refractivity contribution >= 4 is 17.3 Å². The molecular formula is C24H20N4O5. The first-order valence-electron chi connectivity index (χ1n) is 9.96.